The van der Waals surface area contributed by atoms with Gasteiger partial charge in [0.15, 0.2) is 0 Å². The SMILES string of the molecule is Cc1cc(-c2ccc(N(c3ccc(-c4cc5ccccc5c5ccccc45)cc3)c3c(C)cccc3-c3cccc4ccccc34)c(C)c2)ccc1N(c1ccc(-c2cc3ccccc3c3ccccc23)cc1)c1c(C)cccc1-c1cccc2ccccc12. The van der Waals surface area contributed by atoms with Gasteiger partial charge in [-0.15, -0.1) is 0 Å². The fourth-order valence-electron chi connectivity index (χ4n) is 14.4. The molecule has 16 aromatic rings. The van der Waals surface area contributed by atoms with Gasteiger partial charge in [0.25, 0.3) is 0 Å². The van der Waals surface area contributed by atoms with Crippen molar-refractivity contribution < 1.29 is 0 Å². The maximum atomic E-state index is 2.50. The van der Waals surface area contributed by atoms with Crippen LogP contribution in [0.5, 0.6) is 0 Å². The lowest BCUT2D eigenvalue weighted by Crippen LogP contribution is -2.14. The lowest BCUT2D eigenvalue weighted by atomic mass is 9.92. The number of benzene rings is 16. The molecule has 0 aliphatic heterocycles. The standard InChI is InChI=1S/C88H64N2/c1-57-21-17-39-81(77-37-19-27-61-23-5-9-29-71(61)77)87(57)89(69-47-41-63(42-48-69)83-55-67-25-7-11-31-73(67)75-33-13-15-35-79(75)83)85-51-45-65(53-59(85)3)66-46-52-86(60(4)54-66)90(88-58(2)22-18-40-82(88)78-38-20-28-62-24-6-10-30-72(62)78)70-49-43-64(44-50-70)84-56-68-26-8-12-32-74(68)76-34-14-16-36-80(76)84/h5-56H,1-4H3. The van der Waals surface area contributed by atoms with Crippen molar-refractivity contribution in [3.8, 4) is 55.6 Å². The fraction of sp³-hybridized carbons (Fsp3) is 0.0455. The Labute approximate surface area is 526 Å². The number of hydrogen-bond acceptors (Lipinski definition) is 2. The Balaban J connectivity index is 0.824. The first-order valence-corrected chi connectivity index (χ1v) is 31.3. The molecule has 90 heavy (non-hydrogen) atoms. The molecule has 0 fully saturated rings. The Morgan fingerprint density at radius 3 is 0.900 bits per heavy atom. The highest BCUT2D eigenvalue weighted by molar-refractivity contribution is 6.15. The maximum Gasteiger partial charge on any atom is 0.0569 e. The second-order valence-corrected chi connectivity index (χ2v) is 24.1. The minimum Gasteiger partial charge on any atom is -0.309 e. The summed E-state index contributed by atoms with van der Waals surface area (Å²) in [6.07, 6.45) is 0. The Bertz CT molecular complexity index is 5130. The average molecular weight is 1150 g/mol. The number of hydrogen-bond donors (Lipinski definition) is 0. The molecule has 0 aliphatic carbocycles. The van der Waals surface area contributed by atoms with Gasteiger partial charge in [-0.05, 0) is 220 Å². The molecule has 0 aliphatic rings. The van der Waals surface area contributed by atoms with Crippen molar-refractivity contribution in [1.29, 1.82) is 0 Å². The zero-order chi connectivity index (χ0) is 60.4. The molecule has 16 aromatic carbocycles. The van der Waals surface area contributed by atoms with E-state index in [0.717, 1.165) is 45.3 Å². The van der Waals surface area contributed by atoms with Crippen LogP contribution in [0.2, 0.25) is 0 Å². The molecule has 0 unspecified atom stereocenters. The van der Waals surface area contributed by atoms with Crippen molar-refractivity contribution in [2.75, 3.05) is 9.80 Å². The van der Waals surface area contributed by atoms with E-state index in [1.807, 2.05) is 0 Å². The van der Waals surface area contributed by atoms with Gasteiger partial charge in [0.05, 0.1) is 11.4 Å². The highest BCUT2D eigenvalue weighted by Crippen LogP contribution is 2.50. The molecule has 0 saturated heterocycles. The van der Waals surface area contributed by atoms with E-state index in [9.17, 15) is 0 Å². The summed E-state index contributed by atoms with van der Waals surface area (Å²) in [4.78, 5) is 5.01. The molecule has 16 rings (SSSR count). The number of anilines is 6. The van der Waals surface area contributed by atoms with Crippen molar-refractivity contribution in [3.63, 3.8) is 0 Å². The minimum absolute atomic E-state index is 1.09. The predicted molar refractivity (Wildman–Crippen MR) is 387 cm³/mol. The second-order valence-electron chi connectivity index (χ2n) is 24.1. The van der Waals surface area contributed by atoms with Crippen LogP contribution in [0.15, 0.2) is 315 Å². The van der Waals surface area contributed by atoms with Gasteiger partial charge in [-0.25, -0.2) is 0 Å². The van der Waals surface area contributed by atoms with Gasteiger partial charge in [0.1, 0.15) is 0 Å². The third-order valence-electron chi connectivity index (χ3n) is 18.7. The first-order valence-electron chi connectivity index (χ1n) is 31.3. The van der Waals surface area contributed by atoms with Crippen LogP contribution in [-0.2, 0) is 0 Å². The highest BCUT2D eigenvalue weighted by Gasteiger charge is 2.25. The van der Waals surface area contributed by atoms with Crippen LogP contribution in [0.4, 0.5) is 34.1 Å². The smallest absolute Gasteiger partial charge is 0.0569 e. The summed E-state index contributed by atoms with van der Waals surface area (Å²) >= 11 is 0. The van der Waals surface area contributed by atoms with Crippen molar-refractivity contribution >= 4 is 98.8 Å². The number of rotatable bonds is 11. The van der Waals surface area contributed by atoms with Crippen LogP contribution in [0.1, 0.15) is 22.3 Å². The second kappa shape index (κ2) is 22.4. The Kier molecular flexibility index (Phi) is 13.5. The molecule has 426 valence electrons. The van der Waals surface area contributed by atoms with Crippen LogP contribution in [0, 0.1) is 27.7 Å². The molecule has 0 heterocycles. The third kappa shape index (κ3) is 9.35. The van der Waals surface area contributed by atoms with Crippen LogP contribution >= 0.6 is 0 Å². The van der Waals surface area contributed by atoms with E-state index in [4.69, 9.17) is 0 Å². The lowest BCUT2D eigenvalue weighted by molar-refractivity contribution is 1.22. The molecule has 0 bridgehead atoms. The van der Waals surface area contributed by atoms with Gasteiger partial charge in [-0.2, -0.15) is 0 Å². The van der Waals surface area contributed by atoms with E-state index in [1.54, 1.807) is 0 Å². The van der Waals surface area contributed by atoms with Gasteiger partial charge in [-0.1, -0.05) is 255 Å². The summed E-state index contributed by atoms with van der Waals surface area (Å²) in [7, 11) is 0. The van der Waals surface area contributed by atoms with Crippen LogP contribution in [0.25, 0.3) is 120 Å². The summed E-state index contributed by atoms with van der Waals surface area (Å²) in [5.41, 5.74) is 23.4. The normalized spacial score (nSPS) is 11.6. The van der Waals surface area contributed by atoms with E-state index < -0.39 is 0 Å². The quantitative estimate of drug-likeness (QED) is 0.119. The van der Waals surface area contributed by atoms with Gasteiger partial charge >= 0.3 is 0 Å². The van der Waals surface area contributed by atoms with E-state index in [1.165, 1.54) is 131 Å². The monoisotopic (exact) mass is 1150 g/mol. The average Bonchev–Trinajstić information content (AvgIpc) is 0.863. The molecule has 0 aromatic heterocycles. The number of para-hydroxylation sites is 2. The summed E-state index contributed by atoms with van der Waals surface area (Å²) in [5.74, 6) is 0. The molecular weight excluding hydrogens is 1080 g/mol. The molecular formula is C88H64N2. The zero-order valence-electron chi connectivity index (χ0n) is 50.9. The van der Waals surface area contributed by atoms with Crippen molar-refractivity contribution in [2.24, 2.45) is 0 Å². The summed E-state index contributed by atoms with van der Waals surface area (Å²) in [6, 6.07) is 117. The first-order chi connectivity index (χ1) is 44.3. The fourth-order valence-corrected chi connectivity index (χ4v) is 14.4. The predicted octanol–water partition coefficient (Wildman–Crippen LogP) is 25.1. The number of fused-ring (bicyclic) bond motifs is 8. The highest BCUT2D eigenvalue weighted by atomic mass is 15.2. The van der Waals surface area contributed by atoms with E-state index >= 15 is 0 Å². The van der Waals surface area contributed by atoms with E-state index in [2.05, 4.69) is 353 Å². The van der Waals surface area contributed by atoms with Crippen molar-refractivity contribution in [1.82, 2.24) is 0 Å². The molecule has 2 heteroatoms. The van der Waals surface area contributed by atoms with Crippen molar-refractivity contribution in [2.45, 2.75) is 27.7 Å². The van der Waals surface area contributed by atoms with Crippen LogP contribution in [0.3, 0.4) is 0 Å². The topological polar surface area (TPSA) is 6.48 Å². The lowest BCUT2D eigenvalue weighted by Gasteiger charge is -2.32. The Morgan fingerprint density at radius 1 is 0.189 bits per heavy atom. The Hall–Kier alpha value is -11.3. The summed E-state index contributed by atoms with van der Waals surface area (Å²) in [6.45, 7) is 9.06. The molecule has 0 N–H and O–H groups in total. The molecule has 0 amide bonds. The van der Waals surface area contributed by atoms with E-state index in [0.29, 0.717) is 0 Å². The summed E-state index contributed by atoms with van der Waals surface area (Å²) in [5, 5.41) is 15.0. The van der Waals surface area contributed by atoms with Gasteiger partial charge in [-0.3, -0.25) is 0 Å². The van der Waals surface area contributed by atoms with Gasteiger partial charge in [0.2, 0.25) is 0 Å². The molecule has 0 radical (unpaired) electrons. The minimum atomic E-state index is 1.09. The number of aryl methyl sites for hydroxylation is 4. The third-order valence-corrected chi connectivity index (χ3v) is 18.7. The molecule has 0 saturated carbocycles. The Morgan fingerprint density at radius 2 is 0.500 bits per heavy atom. The van der Waals surface area contributed by atoms with Crippen molar-refractivity contribution in [3.05, 3.63) is 338 Å². The molecule has 2 nitrogen and oxygen atoms in total. The van der Waals surface area contributed by atoms with E-state index in [-0.39, 0.29) is 0 Å². The molecule has 0 spiro atoms. The number of nitrogens with zero attached hydrogens (tertiary/aromatic N) is 2. The van der Waals surface area contributed by atoms with Gasteiger partial charge in [0, 0.05) is 33.9 Å². The maximum absolute atomic E-state index is 2.50. The van der Waals surface area contributed by atoms with Crippen LogP contribution < -0.4 is 9.80 Å². The van der Waals surface area contributed by atoms with Crippen LogP contribution in [-0.4, -0.2) is 0 Å². The van der Waals surface area contributed by atoms with Gasteiger partial charge < -0.3 is 9.80 Å². The summed E-state index contributed by atoms with van der Waals surface area (Å²) < 4.78 is 0. The zero-order valence-corrected chi connectivity index (χ0v) is 50.9. The molecule has 0 atom stereocenters. The first kappa shape index (κ1) is 54.1. The largest absolute Gasteiger partial charge is 0.309 e.